The van der Waals surface area contributed by atoms with Gasteiger partial charge in [0, 0.05) is 12.8 Å². The molecule has 0 heterocycles. The molecular formula is C28H48O4. The van der Waals surface area contributed by atoms with Crippen molar-refractivity contribution in [1.82, 2.24) is 0 Å². The molecule has 0 atom stereocenters. The van der Waals surface area contributed by atoms with E-state index in [4.69, 9.17) is 9.47 Å². The molecule has 0 rings (SSSR count). The molecule has 0 unspecified atom stereocenters. The van der Waals surface area contributed by atoms with Crippen LogP contribution in [0.2, 0.25) is 0 Å². The van der Waals surface area contributed by atoms with Crippen LogP contribution in [-0.4, -0.2) is 25.2 Å². The molecule has 0 radical (unpaired) electrons. The Hall–Kier alpha value is -2.10. The summed E-state index contributed by atoms with van der Waals surface area (Å²) < 4.78 is 10.1. The van der Waals surface area contributed by atoms with E-state index >= 15 is 0 Å². The van der Waals surface area contributed by atoms with Crippen molar-refractivity contribution in [3.05, 3.63) is 46.6 Å². The SMILES string of the molecule is CCCC(=O)OCC=C(C)CCC=C(C)C.CCCC(=O)OCC=C(C)CCC=C(C)C. The monoisotopic (exact) mass is 448 g/mol. The molecule has 0 spiro atoms. The van der Waals surface area contributed by atoms with E-state index in [9.17, 15) is 9.59 Å². The summed E-state index contributed by atoms with van der Waals surface area (Å²) in [7, 11) is 0. The Balaban J connectivity index is 0. The normalized spacial score (nSPS) is 11.1. The van der Waals surface area contributed by atoms with Crippen molar-refractivity contribution in [3.8, 4) is 0 Å². The second kappa shape index (κ2) is 22.1. The number of ether oxygens (including phenoxy) is 2. The van der Waals surface area contributed by atoms with E-state index in [1.54, 1.807) is 0 Å². The number of carbonyl (C=O) groups excluding carboxylic acids is 2. The summed E-state index contributed by atoms with van der Waals surface area (Å²) >= 11 is 0. The third kappa shape index (κ3) is 25.9. The minimum atomic E-state index is -0.101. The van der Waals surface area contributed by atoms with Gasteiger partial charge in [0.2, 0.25) is 0 Å². The van der Waals surface area contributed by atoms with Gasteiger partial charge in [-0.25, -0.2) is 0 Å². The predicted octanol–water partition coefficient (Wildman–Crippen LogP) is 8.04. The number of carbonyl (C=O) groups is 2. The zero-order chi connectivity index (χ0) is 24.8. The minimum absolute atomic E-state index is 0.101. The predicted molar refractivity (Wildman–Crippen MR) is 137 cm³/mol. The van der Waals surface area contributed by atoms with Crippen LogP contribution in [-0.2, 0) is 19.1 Å². The van der Waals surface area contributed by atoms with Gasteiger partial charge in [-0.15, -0.1) is 0 Å². The summed E-state index contributed by atoms with van der Waals surface area (Å²) in [5, 5.41) is 0. The van der Waals surface area contributed by atoms with E-state index in [0.29, 0.717) is 26.1 Å². The highest BCUT2D eigenvalue weighted by Crippen LogP contribution is 2.07. The minimum Gasteiger partial charge on any atom is -0.461 e. The highest BCUT2D eigenvalue weighted by atomic mass is 16.5. The van der Waals surface area contributed by atoms with E-state index in [0.717, 1.165) is 38.5 Å². The number of allylic oxidation sites excluding steroid dienone is 6. The van der Waals surface area contributed by atoms with Crippen LogP contribution >= 0.6 is 0 Å². The molecule has 0 aliphatic heterocycles. The van der Waals surface area contributed by atoms with Crippen LogP contribution in [0.5, 0.6) is 0 Å². The lowest BCUT2D eigenvalue weighted by molar-refractivity contribution is -0.143. The van der Waals surface area contributed by atoms with Gasteiger partial charge in [0.05, 0.1) is 0 Å². The van der Waals surface area contributed by atoms with Crippen LogP contribution in [0.1, 0.15) is 107 Å². The standard InChI is InChI=1S/2C14H24O2/c2*1-5-7-14(15)16-11-10-13(4)9-6-8-12(2)3/h2*8,10H,5-7,9,11H2,1-4H3. The Morgan fingerprint density at radius 2 is 0.906 bits per heavy atom. The molecule has 0 aromatic rings. The average molecular weight is 449 g/mol. The molecule has 32 heavy (non-hydrogen) atoms. The molecule has 0 saturated heterocycles. The van der Waals surface area contributed by atoms with Crippen molar-refractivity contribution in [2.45, 2.75) is 107 Å². The van der Waals surface area contributed by atoms with Crippen LogP contribution < -0.4 is 0 Å². The second-order valence-corrected chi connectivity index (χ2v) is 8.61. The lowest BCUT2D eigenvalue weighted by atomic mass is 10.1. The first-order valence-electron chi connectivity index (χ1n) is 12.0. The van der Waals surface area contributed by atoms with Crippen molar-refractivity contribution in [2.24, 2.45) is 0 Å². The van der Waals surface area contributed by atoms with Crippen molar-refractivity contribution >= 4 is 11.9 Å². The molecule has 0 N–H and O–H groups in total. The van der Waals surface area contributed by atoms with Crippen LogP contribution in [0.4, 0.5) is 0 Å². The maximum absolute atomic E-state index is 11.1. The van der Waals surface area contributed by atoms with Gasteiger partial charge in [-0.1, -0.05) is 48.3 Å². The van der Waals surface area contributed by atoms with Crippen molar-refractivity contribution in [3.63, 3.8) is 0 Å². The molecule has 4 heteroatoms. The largest absolute Gasteiger partial charge is 0.461 e. The molecule has 0 saturated carbocycles. The Bertz CT molecular complexity index is 572. The lowest BCUT2D eigenvalue weighted by Crippen LogP contribution is -2.03. The molecule has 0 aromatic carbocycles. The van der Waals surface area contributed by atoms with Gasteiger partial charge in [-0.2, -0.15) is 0 Å². The van der Waals surface area contributed by atoms with Crippen molar-refractivity contribution < 1.29 is 19.1 Å². The number of hydrogen-bond donors (Lipinski definition) is 0. The Labute approximate surface area is 197 Å². The summed E-state index contributed by atoms with van der Waals surface area (Å²) in [6.45, 7) is 17.3. The first kappa shape index (κ1) is 32.1. The molecular weight excluding hydrogens is 400 g/mol. The molecule has 184 valence electrons. The van der Waals surface area contributed by atoms with E-state index < -0.39 is 0 Å². The Kier molecular flexibility index (Phi) is 22.2. The quantitative estimate of drug-likeness (QED) is 0.199. The third-order valence-electron chi connectivity index (χ3n) is 4.44. The molecule has 0 bridgehead atoms. The third-order valence-corrected chi connectivity index (χ3v) is 4.44. The molecule has 0 aliphatic carbocycles. The van der Waals surface area contributed by atoms with Gasteiger partial charge >= 0.3 is 11.9 Å². The lowest BCUT2D eigenvalue weighted by Gasteiger charge is -2.02. The number of hydrogen-bond acceptors (Lipinski definition) is 4. The fourth-order valence-corrected chi connectivity index (χ4v) is 2.49. The van der Waals surface area contributed by atoms with Gasteiger partial charge in [0.25, 0.3) is 0 Å². The number of rotatable bonds is 14. The summed E-state index contributed by atoms with van der Waals surface area (Å²) in [4.78, 5) is 22.1. The topological polar surface area (TPSA) is 52.6 Å². The summed E-state index contributed by atoms with van der Waals surface area (Å²) in [6, 6.07) is 0. The molecule has 0 aromatic heterocycles. The Morgan fingerprint density at radius 3 is 1.19 bits per heavy atom. The zero-order valence-corrected chi connectivity index (χ0v) is 22.0. The molecule has 0 fully saturated rings. The van der Waals surface area contributed by atoms with Gasteiger partial charge in [-0.3, -0.25) is 9.59 Å². The second-order valence-electron chi connectivity index (χ2n) is 8.61. The highest BCUT2D eigenvalue weighted by molar-refractivity contribution is 5.69. The van der Waals surface area contributed by atoms with Crippen LogP contribution in [0, 0.1) is 0 Å². The fourth-order valence-electron chi connectivity index (χ4n) is 2.49. The molecule has 0 amide bonds. The van der Waals surface area contributed by atoms with Crippen LogP contribution in [0.25, 0.3) is 0 Å². The first-order valence-corrected chi connectivity index (χ1v) is 12.0. The Morgan fingerprint density at radius 1 is 0.562 bits per heavy atom. The fraction of sp³-hybridized carbons (Fsp3) is 0.643. The maximum Gasteiger partial charge on any atom is 0.306 e. The van der Waals surface area contributed by atoms with Crippen molar-refractivity contribution in [1.29, 1.82) is 0 Å². The van der Waals surface area contributed by atoms with Gasteiger partial charge in [0.15, 0.2) is 0 Å². The van der Waals surface area contributed by atoms with Gasteiger partial charge < -0.3 is 9.47 Å². The summed E-state index contributed by atoms with van der Waals surface area (Å²) in [5.74, 6) is -0.202. The summed E-state index contributed by atoms with van der Waals surface area (Å²) in [6.07, 6.45) is 15.4. The van der Waals surface area contributed by atoms with E-state index in [-0.39, 0.29) is 11.9 Å². The first-order chi connectivity index (χ1) is 15.1. The number of esters is 2. The van der Waals surface area contributed by atoms with E-state index in [1.165, 1.54) is 22.3 Å². The maximum atomic E-state index is 11.1. The van der Waals surface area contributed by atoms with Crippen LogP contribution in [0.15, 0.2) is 46.6 Å². The van der Waals surface area contributed by atoms with Crippen molar-refractivity contribution in [2.75, 3.05) is 13.2 Å². The zero-order valence-electron chi connectivity index (χ0n) is 22.0. The highest BCUT2D eigenvalue weighted by Gasteiger charge is 1.99. The molecule has 4 nitrogen and oxygen atoms in total. The van der Waals surface area contributed by atoms with Gasteiger partial charge in [0.1, 0.15) is 13.2 Å². The smallest absolute Gasteiger partial charge is 0.306 e. The van der Waals surface area contributed by atoms with Crippen LogP contribution in [0.3, 0.4) is 0 Å². The van der Waals surface area contributed by atoms with Gasteiger partial charge in [-0.05, 0) is 92.2 Å². The van der Waals surface area contributed by atoms with E-state index in [2.05, 4.69) is 53.7 Å². The summed E-state index contributed by atoms with van der Waals surface area (Å²) in [5.41, 5.74) is 5.26. The van der Waals surface area contributed by atoms with E-state index in [1.807, 2.05) is 26.0 Å². The molecule has 0 aliphatic rings. The average Bonchev–Trinajstić information content (AvgIpc) is 2.68.